The smallest absolute Gasteiger partial charge is 0.150 e. The van der Waals surface area contributed by atoms with Crippen LogP contribution in [0.3, 0.4) is 0 Å². The van der Waals surface area contributed by atoms with Crippen LogP contribution in [0.2, 0.25) is 0 Å². The van der Waals surface area contributed by atoms with E-state index in [1.807, 2.05) is 36.4 Å². The van der Waals surface area contributed by atoms with E-state index in [0.717, 1.165) is 35.5 Å². The normalized spacial score (nSPS) is 10.4. The zero-order valence-electron chi connectivity index (χ0n) is 13.5. The van der Waals surface area contributed by atoms with Gasteiger partial charge in [0, 0.05) is 22.6 Å². The van der Waals surface area contributed by atoms with E-state index in [1.54, 1.807) is 36.4 Å². The second kappa shape index (κ2) is 7.49. The van der Waals surface area contributed by atoms with Crippen molar-refractivity contribution >= 4 is 18.9 Å². The van der Waals surface area contributed by atoms with Gasteiger partial charge in [0.15, 0.2) is 0 Å². The minimum absolute atomic E-state index is 0.0536. The van der Waals surface area contributed by atoms with Crippen molar-refractivity contribution in [2.45, 2.75) is 5.92 Å². The maximum absolute atomic E-state index is 10.9. The van der Waals surface area contributed by atoms with Crippen molar-refractivity contribution in [3.63, 3.8) is 0 Å². The lowest BCUT2D eigenvalue weighted by Gasteiger charge is -2.19. The number of carbonyl (C=O) groups excluding carboxylic acids is 3. The molecule has 3 heteroatoms. The van der Waals surface area contributed by atoms with Gasteiger partial charge in [-0.3, -0.25) is 14.4 Å². The quantitative estimate of drug-likeness (QED) is 0.500. The molecule has 0 saturated heterocycles. The average Bonchev–Trinajstić information content (AvgIpc) is 2.70. The van der Waals surface area contributed by atoms with Gasteiger partial charge in [-0.2, -0.15) is 0 Å². The maximum atomic E-state index is 10.9. The number of benzene rings is 3. The van der Waals surface area contributed by atoms with Gasteiger partial charge in [0.1, 0.15) is 18.9 Å². The summed E-state index contributed by atoms with van der Waals surface area (Å²) in [5.74, 6) is -0.0536. The molecule has 0 bridgehead atoms. The van der Waals surface area contributed by atoms with Gasteiger partial charge >= 0.3 is 0 Å². The second-order valence-corrected chi connectivity index (χ2v) is 5.79. The highest BCUT2D eigenvalue weighted by atomic mass is 16.1. The van der Waals surface area contributed by atoms with Crippen LogP contribution in [0.15, 0.2) is 72.8 Å². The molecule has 25 heavy (non-hydrogen) atoms. The first-order valence-electron chi connectivity index (χ1n) is 7.90. The van der Waals surface area contributed by atoms with Crippen LogP contribution in [0.5, 0.6) is 0 Å². The van der Waals surface area contributed by atoms with Crippen molar-refractivity contribution < 1.29 is 14.4 Å². The first-order chi connectivity index (χ1) is 12.2. The van der Waals surface area contributed by atoms with Crippen molar-refractivity contribution in [1.82, 2.24) is 0 Å². The Kier molecular flexibility index (Phi) is 4.95. The molecule has 0 N–H and O–H groups in total. The summed E-state index contributed by atoms with van der Waals surface area (Å²) >= 11 is 0. The van der Waals surface area contributed by atoms with Crippen molar-refractivity contribution in [3.8, 4) is 0 Å². The Bertz CT molecular complexity index is 754. The summed E-state index contributed by atoms with van der Waals surface area (Å²) in [7, 11) is 0. The average molecular weight is 328 g/mol. The maximum Gasteiger partial charge on any atom is 0.150 e. The zero-order chi connectivity index (χ0) is 17.6. The minimum Gasteiger partial charge on any atom is -0.298 e. The summed E-state index contributed by atoms with van der Waals surface area (Å²) in [5.41, 5.74) is 4.95. The van der Waals surface area contributed by atoms with E-state index in [1.165, 1.54) is 0 Å². The number of aldehydes is 3. The molecule has 0 heterocycles. The van der Waals surface area contributed by atoms with E-state index in [9.17, 15) is 14.4 Å². The molecule has 3 aromatic rings. The first kappa shape index (κ1) is 16.5. The molecular formula is C22H16O3. The molecule has 0 aromatic heterocycles. The number of hydrogen-bond donors (Lipinski definition) is 0. The Morgan fingerprint density at radius 1 is 0.440 bits per heavy atom. The van der Waals surface area contributed by atoms with Gasteiger partial charge in [-0.25, -0.2) is 0 Å². The van der Waals surface area contributed by atoms with E-state index in [0.29, 0.717) is 16.7 Å². The fourth-order valence-corrected chi connectivity index (χ4v) is 2.88. The molecule has 0 radical (unpaired) electrons. The van der Waals surface area contributed by atoms with Gasteiger partial charge in [-0.1, -0.05) is 72.8 Å². The van der Waals surface area contributed by atoms with Crippen LogP contribution in [0.25, 0.3) is 0 Å². The first-order valence-corrected chi connectivity index (χ1v) is 7.90. The minimum atomic E-state index is -0.0536. The van der Waals surface area contributed by atoms with E-state index < -0.39 is 0 Å². The molecule has 0 atom stereocenters. The number of hydrogen-bond acceptors (Lipinski definition) is 3. The van der Waals surface area contributed by atoms with Gasteiger partial charge in [-0.05, 0) is 16.7 Å². The Morgan fingerprint density at radius 3 is 0.880 bits per heavy atom. The van der Waals surface area contributed by atoms with Gasteiger partial charge in [0.25, 0.3) is 0 Å². The summed E-state index contributed by atoms with van der Waals surface area (Å²) < 4.78 is 0. The van der Waals surface area contributed by atoms with Crippen LogP contribution in [-0.2, 0) is 0 Å². The van der Waals surface area contributed by atoms with Crippen LogP contribution in [-0.4, -0.2) is 18.9 Å². The molecule has 3 nitrogen and oxygen atoms in total. The number of rotatable bonds is 6. The van der Waals surface area contributed by atoms with E-state index >= 15 is 0 Å². The molecule has 3 rings (SSSR count). The lowest BCUT2D eigenvalue weighted by atomic mass is 9.84. The molecule has 0 aliphatic heterocycles. The topological polar surface area (TPSA) is 51.2 Å². The van der Waals surface area contributed by atoms with Crippen LogP contribution in [0, 0.1) is 0 Å². The molecule has 0 aliphatic rings. The van der Waals surface area contributed by atoms with E-state index in [4.69, 9.17) is 0 Å². The molecule has 0 spiro atoms. The highest BCUT2D eigenvalue weighted by Gasteiger charge is 2.17. The third kappa shape index (κ3) is 3.61. The SMILES string of the molecule is O=Cc1ccc(C(c2ccc(C=O)cc2)c2ccc(C=O)cc2)cc1. The standard InChI is InChI=1S/C22H16O3/c23-13-16-1-7-19(8-2-16)22(20-9-3-17(14-24)4-10-20)21-11-5-18(15-25)6-12-21/h1-15,22H. The highest BCUT2D eigenvalue weighted by Crippen LogP contribution is 2.32. The fraction of sp³-hybridized carbons (Fsp3) is 0.0455. The monoisotopic (exact) mass is 328 g/mol. The third-order valence-electron chi connectivity index (χ3n) is 4.22. The molecule has 122 valence electrons. The summed E-state index contributed by atoms with van der Waals surface area (Å²) in [6.07, 6.45) is 2.45. The van der Waals surface area contributed by atoms with Gasteiger partial charge in [0.05, 0.1) is 0 Å². The van der Waals surface area contributed by atoms with Crippen LogP contribution in [0.1, 0.15) is 53.7 Å². The molecule has 0 aliphatic carbocycles. The molecule has 0 amide bonds. The number of carbonyl (C=O) groups is 3. The Balaban J connectivity index is 2.09. The Hall–Kier alpha value is -3.33. The summed E-state index contributed by atoms with van der Waals surface area (Å²) in [6.45, 7) is 0. The molecule has 0 fully saturated rings. The van der Waals surface area contributed by atoms with Crippen LogP contribution >= 0.6 is 0 Å². The molecular weight excluding hydrogens is 312 g/mol. The predicted octanol–water partition coefficient (Wildman–Crippen LogP) is 4.30. The van der Waals surface area contributed by atoms with E-state index in [2.05, 4.69) is 0 Å². The van der Waals surface area contributed by atoms with Crippen molar-refractivity contribution in [3.05, 3.63) is 106 Å². The van der Waals surface area contributed by atoms with Crippen molar-refractivity contribution in [2.24, 2.45) is 0 Å². The van der Waals surface area contributed by atoms with Crippen molar-refractivity contribution in [1.29, 1.82) is 0 Å². The molecule has 3 aromatic carbocycles. The summed E-state index contributed by atoms with van der Waals surface area (Å²) in [4.78, 5) is 32.7. The lowest BCUT2D eigenvalue weighted by Crippen LogP contribution is -2.04. The van der Waals surface area contributed by atoms with E-state index in [-0.39, 0.29) is 5.92 Å². The Morgan fingerprint density at radius 2 is 0.680 bits per heavy atom. The van der Waals surface area contributed by atoms with Gasteiger partial charge in [0.2, 0.25) is 0 Å². The van der Waals surface area contributed by atoms with Crippen LogP contribution < -0.4 is 0 Å². The third-order valence-corrected chi connectivity index (χ3v) is 4.22. The fourth-order valence-electron chi connectivity index (χ4n) is 2.88. The highest BCUT2D eigenvalue weighted by molar-refractivity contribution is 5.76. The van der Waals surface area contributed by atoms with Gasteiger partial charge < -0.3 is 0 Å². The second-order valence-electron chi connectivity index (χ2n) is 5.79. The van der Waals surface area contributed by atoms with Crippen molar-refractivity contribution in [2.75, 3.05) is 0 Å². The summed E-state index contributed by atoms with van der Waals surface area (Å²) in [5, 5.41) is 0. The predicted molar refractivity (Wildman–Crippen MR) is 96.4 cm³/mol. The van der Waals surface area contributed by atoms with Crippen LogP contribution in [0.4, 0.5) is 0 Å². The van der Waals surface area contributed by atoms with Gasteiger partial charge in [-0.15, -0.1) is 0 Å². The molecule has 0 unspecified atom stereocenters. The zero-order valence-corrected chi connectivity index (χ0v) is 13.5. The Labute approximate surface area is 145 Å². The molecule has 0 saturated carbocycles. The summed E-state index contributed by atoms with van der Waals surface area (Å²) in [6, 6.07) is 22.3. The lowest BCUT2D eigenvalue weighted by molar-refractivity contribution is 0.111. The largest absolute Gasteiger partial charge is 0.298 e.